The molecule has 1 atom stereocenters. The van der Waals surface area contributed by atoms with Crippen molar-refractivity contribution in [2.75, 3.05) is 32.8 Å². The van der Waals surface area contributed by atoms with E-state index < -0.39 is 10.0 Å². The molecule has 2 heterocycles. The van der Waals surface area contributed by atoms with E-state index >= 15 is 0 Å². The molecule has 0 unspecified atom stereocenters. The van der Waals surface area contributed by atoms with E-state index in [4.69, 9.17) is 9.47 Å². The van der Waals surface area contributed by atoms with Crippen molar-refractivity contribution in [2.45, 2.75) is 37.1 Å². The molecular weight excluding hydrogens is 316 g/mol. The number of sulfonamides is 1. The fourth-order valence-electron chi connectivity index (χ4n) is 3.09. The molecule has 0 spiro atoms. The quantitative estimate of drug-likeness (QED) is 0.882. The number of ether oxygens (including phenoxy) is 2. The van der Waals surface area contributed by atoms with Crippen LogP contribution in [0.1, 0.15) is 26.2 Å². The zero-order chi connectivity index (χ0) is 16.3. The standard InChI is InChI=1S/C16H24N2O4S/c1-13-4-2-3-8-18(13)9-7-17-23(19,20)14-5-6-15-16(12-14)22-11-10-21-15/h5-6,12-13,17H,2-4,7-11H2,1H3/t13-/m1/s1. The summed E-state index contributed by atoms with van der Waals surface area (Å²) in [5.41, 5.74) is 0. The molecule has 0 saturated carbocycles. The monoisotopic (exact) mass is 340 g/mol. The van der Waals surface area contributed by atoms with Gasteiger partial charge in [0.2, 0.25) is 10.0 Å². The Morgan fingerprint density at radius 2 is 2.00 bits per heavy atom. The number of piperidine rings is 1. The Labute approximate surface area is 137 Å². The summed E-state index contributed by atoms with van der Waals surface area (Å²) < 4.78 is 38.4. The average Bonchev–Trinajstić information content (AvgIpc) is 2.56. The number of fused-ring (bicyclic) bond motifs is 1. The minimum absolute atomic E-state index is 0.216. The van der Waals surface area contributed by atoms with E-state index in [1.165, 1.54) is 25.3 Å². The van der Waals surface area contributed by atoms with Gasteiger partial charge < -0.3 is 9.47 Å². The molecule has 7 heteroatoms. The maximum absolute atomic E-state index is 12.4. The predicted octanol–water partition coefficient (Wildman–Crippen LogP) is 1.61. The van der Waals surface area contributed by atoms with Crippen molar-refractivity contribution in [3.05, 3.63) is 18.2 Å². The van der Waals surface area contributed by atoms with Gasteiger partial charge in [0.15, 0.2) is 11.5 Å². The van der Waals surface area contributed by atoms with E-state index in [0.29, 0.717) is 37.3 Å². The molecule has 1 saturated heterocycles. The lowest BCUT2D eigenvalue weighted by molar-refractivity contribution is 0.164. The van der Waals surface area contributed by atoms with Crippen molar-refractivity contribution < 1.29 is 17.9 Å². The number of hydrogen-bond donors (Lipinski definition) is 1. The smallest absolute Gasteiger partial charge is 0.240 e. The highest BCUT2D eigenvalue weighted by atomic mass is 32.2. The van der Waals surface area contributed by atoms with Gasteiger partial charge >= 0.3 is 0 Å². The van der Waals surface area contributed by atoms with Crippen LogP contribution < -0.4 is 14.2 Å². The number of benzene rings is 1. The van der Waals surface area contributed by atoms with Crippen LogP contribution in [0.3, 0.4) is 0 Å². The van der Waals surface area contributed by atoms with Gasteiger partial charge in [-0.15, -0.1) is 0 Å². The number of rotatable bonds is 5. The van der Waals surface area contributed by atoms with Crippen LogP contribution in [0, 0.1) is 0 Å². The lowest BCUT2D eigenvalue weighted by Crippen LogP contribution is -2.42. The van der Waals surface area contributed by atoms with Gasteiger partial charge in [0.05, 0.1) is 4.90 Å². The number of hydrogen-bond acceptors (Lipinski definition) is 5. The molecular formula is C16H24N2O4S. The summed E-state index contributed by atoms with van der Waals surface area (Å²) in [5, 5.41) is 0. The Morgan fingerprint density at radius 3 is 2.78 bits per heavy atom. The largest absolute Gasteiger partial charge is 0.486 e. The molecule has 0 aliphatic carbocycles. The lowest BCUT2D eigenvalue weighted by Gasteiger charge is -2.33. The second kappa shape index (κ2) is 7.07. The zero-order valence-electron chi connectivity index (χ0n) is 13.5. The highest BCUT2D eigenvalue weighted by Gasteiger charge is 2.21. The Bertz CT molecular complexity index is 647. The van der Waals surface area contributed by atoms with E-state index in [9.17, 15) is 8.42 Å². The van der Waals surface area contributed by atoms with Gasteiger partial charge in [-0.25, -0.2) is 13.1 Å². The molecule has 1 fully saturated rings. The third-order valence-corrected chi connectivity index (χ3v) is 5.91. The van der Waals surface area contributed by atoms with Crippen molar-refractivity contribution >= 4 is 10.0 Å². The first kappa shape index (κ1) is 16.5. The van der Waals surface area contributed by atoms with Crippen LogP contribution in [0.2, 0.25) is 0 Å². The fourth-order valence-corrected chi connectivity index (χ4v) is 4.12. The molecule has 0 bridgehead atoms. The zero-order valence-corrected chi connectivity index (χ0v) is 14.3. The second-order valence-corrected chi connectivity index (χ2v) is 7.85. The van der Waals surface area contributed by atoms with Gasteiger partial charge in [-0.05, 0) is 38.4 Å². The molecule has 128 valence electrons. The Balaban J connectivity index is 1.60. The number of nitrogens with one attached hydrogen (secondary N) is 1. The van der Waals surface area contributed by atoms with Crippen molar-refractivity contribution in [1.29, 1.82) is 0 Å². The third-order valence-electron chi connectivity index (χ3n) is 4.46. The topological polar surface area (TPSA) is 67.9 Å². The van der Waals surface area contributed by atoms with E-state index in [1.54, 1.807) is 12.1 Å². The highest BCUT2D eigenvalue weighted by Crippen LogP contribution is 2.32. The molecule has 6 nitrogen and oxygen atoms in total. The third kappa shape index (κ3) is 3.97. The molecule has 2 aliphatic heterocycles. The summed E-state index contributed by atoms with van der Waals surface area (Å²) in [7, 11) is -3.52. The van der Waals surface area contributed by atoms with Crippen molar-refractivity contribution in [3.8, 4) is 11.5 Å². The molecule has 1 aromatic rings. The van der Waals surface area contributed by atoms with Gasteiger partial charge in [0, 0.05) is 25.2 Å². The maximum Gasteiger partial charge on any atom is 0.240 e. The van der Waals surface area contributed by atoms with Crippen LogP contribution in [-0.4, -0.2) is 52.2 Å². The molecule has 1 aromatic carbocycles. The van der Waals surface area contributed by atoms with Crippen molar-refractivity contribution in [3.63, 3.8) is 0 Å². The lowest BCUT2D eigenvalue weighted by atomic mass is 10.0. The average molecular weight is 340 g/mol. The van der Waals surface area contributed by atoms with Crippen LogP contribution >= 0.6 is 0 Å². The summed E-state index contributed by atoms with van der Waals surface area (Å²) in [5.74, 6) is 1.08. The van der Waals surface area contributed by atoms with Gasteiger partial charge in [0.1, 0.15) is 13.2 Å². The predicted molar refractivity (Wildman–Crippen MR) is 87.5 cm³/mol. The van der Waals surface area contributed by atoms with Gasteiger partial charge in [0.25, 0.3) is 0 Å². The van der Waals surface area contributed by atoms with E-state index in [0.717, 1.165) is 13.1 Å². The van der Waals surface area contributed by atoms with Gasteiger partial charge in [-0.1, -0.05) is 6.42 Å². The first-order valence-electron chi connectivity index (χ1n) is 8.20. The van der Waals surface area contributed by atoms with E-state index in [-0.39, 0.29) is 4.90 Å². The minimum atomic E-state index is -3.52. The van der Waals surface area contributed by atoms with Crippen LogP contribution in [0.5, 0.6) is 11.5 Å². The first-order valence-corrected chi connectivity index (χ1v) is 9.68. The first-order chi connectivity index (χ1) is 11.1. The summed E-state index contributed by atoms with van der Waals surface area (Å²) in [4.78, 5) is 2.56. The number of likely N-dealkylation sites (tertiary alicyclic amines) is 1. The summed E-state index contributed by atoms with van der Waals surface area (Å²) >= 11 is 0. The summed E-state index contributed by atoms with van der Waals surface area (Å²) in [6.07, 6.45) is 3.65. The van der Waals surface area contributed by atoms with Gasteiger partial charge in [-0.2, -0.15) is 0 Å². The molecule has 0 radical (unpaired) electrons. The summed E-state index contributed by atoms with van der Waals surface area (Å²) in [6, 6.07) is 5.26. The van der Waals surface area contributed by atoms with E-state index in [2.05, 4.69) is 16.5 Å². The normalized spacial score (nSPS) is 22.0. The van der Waals surface area contributed by atoms with Crippen molar-refractivity contribution in [2.24, 2.45) is 0 Å². The van der Waals surface area contributed by atoms with Gasteiger partial charge in [-0.3, -0.25) is 4.90 Å². The Kier molecular flexibility index (Phi) is 5.08. The molecule has 3 rings (SSSR count). The van der Waals surface area contributed by atoms with Crippen LogP contribution in [0.25, 0.3) is 0 Å². The highest BCUT2D eigenvalue weighted by molar-refractivity contribution is 7.89. The molecule has 23 heavy (non-hydrogen) atoms. The maximum atomic E-state index is 12.4. The Hall–Kier alpha value is -1.31. The fraction of sp³-hybridized carbons (Fsp3) is 0.625. The van der Waals surface area contributed by atoms with Crippen LogP contribution in [0.15, 0.2) is 23.1 Å². The van der Waals surface area contributed by atoms with Crippen LogP contribution in [-0.2, 0) is 10.0 Å². The number of nitrogens with zero attached hydrogens (tertiary/aromatic N) is 1. The molecule has 1 N–H and O–H groups in total. The minimum Gasteiger partial charge on any atom is -0.486 e. The van der Waals surface area contributed by atoms with E-state index in [1.807, 2.05) is 0 Å². The SMILES string of the molecule is C[C@@H]1CCCCN1CCNS(=O)(=O)c1ccc2c(c1)OCCO2. The molecule has 2 aliphatic rings. The van der Waals surface area contributed by atoms with Crippen LogP contribution in [0.4, 0.5) is 0 Å². The molecule has 0 amide bonds. The molecule has 0 aromatic heterocycles. The Morgan fingerprint density at radius 1 is 1.22 bits per heavy atom. The van der Waals surface area contributed by atoms with Crippen molar-refractivity contribution in [1.82, 2.24) is 9.62 Å². The second-order valence-electron chi connectivity index (χ2n) is 6.08. The summed E-state index contributed by atoms with van der Waals surface area (Å²) in [6.45, 7) is 5.34.